The van der Waals surface area contributed by atoms with Gasteiger partial charge in [0.1, 0.15) is 5.75 Å². The lowest BCUT2D eigenvalue weighted by molar-refractivity contribution is 0.0956. The highest BCUT2D eigenvalue weighted by Crippen LogP contribution is 2.16. The minimum Gasteiger partial charge on any atom is -0.494 e. The lowest BCUT2D eigenvalue weighted by atomic mass is 10.2. The Hall–Kier alpha value is -1.65. The van der Waals surface area contributed by atoms with Crippen molar-refractivity contribution in [2.45, 2.75) is 19.1 Å². The van der Waals surface area contributed by atoms with Gasteiger partial charge >= 0.3 is 0 Å². The van der Waals surface area contributed by atoms with Crippen molar-refractivity contribution in [2.24, 2.45) is 0 Å². The minimum absolute atomic E-state index is 0.0552. The first-order valence-electron chi connectivity index (χ1n) is 8.02. The summed E-state index contributed by atoms with van der Waals surface area (Å²) in [7, 11) is 0. The van der Waals surface area contributed by atoms with Crippen molar-refractivity contribution in [1.29, 1.82) is 0 Å². The summed E-state index contributed by atoms with van der Waals surface area (Å²) in [5.41, 5.74) is 1.85. The fourth-order valence-electron chi connectivity index (χ4n) is 2.08. The summed E-state index contributed by atoms with van der Waals surface area (Å²) in [5.74, 6) is 2.49. The maximum atomic E-state index is 12.1. The van der Waals surface area contributed by atoms with Gasteiger partial charge in [-0.2, -0.15) is 11.8 Å². The molecule has 0 unspecified atom stereocenters. The number of amides is 1. The van der Waals surface area contributed by atoms with Crippen LogP contribution in [0.25, 0.3) is 0 Å². The van der Waals surface area contributed by atoms with Crippen LogP contribution in [-0.2, 0) is 5.75 Å². The zero-order valence-electron chi connectivity index (χ0n) is 13.8. The molecule has 2 rings (SSSR count). The largest absolute Gasteiger partial charge is 0.494 e. The number of nitrogens with one attached hydrogen (secondary N) is 1. The Morgan fingerprint density at radius 2 is 2.00 bits per heavy atom. The Morgan fingerprint density at radius 1 is 1.21 bits per heavy atom. The van der Waals surface area contributed by atoms with Gasteiger partial charge in [-0.3, -0.25) is 4.79 Å². The second-order valence-electron chi connectivity index (χ2n) is 5.31. The normalized spacial score (nSPS) is 10.4. The molecule has 0 saturated heterocycles. The number of rotatable bonds is 9. The number of halogens is 1. The van der Waals surface area contributed by atoms with E-state index in [2.05, 4.69) is 18.3 Å². The molecule has 2 aromatic carbocycles. The Labute approximate surface area is 152 Å². The molecule has 0 aliphatic rings. The van der Waals surface area contributed by atoms with Gasteiger partial charge in [-0.1, -0.05) is 30.7 Å². The Kier molecular flexibility index (Phi) is 7.99. The van der Waals surface area contributed by atoms with E-state index in [-0.39, 0.29) is 5.91 Å². The Bertz CT molecular complexity index is 646. The van der Waals surface area contributed by atoms with Crippen LogP contribution in [0.5, 0.6) is 5.75 Å². The third-order valence-corrected chi connectivity index (χ3v) is 4.54. The second-order valence-corrected chi connectivity index (χ2v) is 6.85. The van der Waals surface area contributed by atoms with Gasteiger partial charge < -0.3 is 10.1 Å². The number of thioether (sulfide) groups is 1. The Morgan fingerprint density at radius 3 is 2.71 bits per heavy atom. The van der Waals surface area contributed by atoms with E-state index in [1.165, 1.54) is 5.56 Å². The quantitative estimate of drug-likeness (QED) is 0.651. The fraction of sp³-hybridized carbons (Fsp3) is 0.316. The van der Waals surface area contributed by atoms with E-state index in [9.17, 15) is 4.79 Å². The van der Waals surface area contributed by atoms with E-state index in [4.69, 9.17) is 16.3 Å². The maximum absolute atomic E-state index is 12.1. The standard InChI is InChI=1S/C19H22ClNO2S/c1-2-11-23-18-8-6-16(7-9-18)19(22)21-10-12-24-14-15-4-3-5-17(20)13-15/h3-9,13H,2,10-12,14H2,1H3,(H,21,22). The van der Waals surface area contributed by atoms with Crippen LogP contribution in [0.1, 0.15) is 29.3 Å². The molecule has 0 spiro atoms. The molecular weight excluding hydrogens is 342 g/mol. The SMILES string of the molecule is CCCOc1ccc(C(=O)NCCSCc2cccc(Cl)c2)cc1. The third kappa shape index (κ3) is 6.46. The summed E-state index contributed by atoms with van der Waals surface area (Å²) < 4.78 is 5.51. The highest BCUT2D eigenvalue weighted by atomic mass is 35.5. The molecule has 0 radical (unpaired) electrons. The molecule has 0 bridgehead atoms. The molecule has 2 aromatic rings. The van der Waals surface area contributed by atoms with Crippen molar-refractivity contribution in [3.05, 3.63) is 64.7 Å². The lowest BCUT2D eigenvalue weighted by Gasteiger charge is -2.07. The van der Waals surface area contributed by atoms with Crippen LogP contribution in [-0.4, -0.2) is 24.8 Å². The molecule has 0 aliphatic heterocycles. The number of ether oxygens (including phenoxy) is 1. The number of carbonyl (C=O) groups is 1. The molecule has 1 N–H and O–H groups in total. The first-order valence-corrected chi connectivity index (χ1v) is 9.55. The first kappa shape index (κ1) is 18.7. The fourth-order valence-corrected chi connectivity index (χ4v) is 3.10. The molecule has 1 amide bonds. The van der Waals surface area contributed by atoms with Gasteiger partial charge in [-0.15, -0.1) is 0 Å². The monoisotopic (exact) mass is 363 g/mol. The van der Waals surface area contributed by atoms with E-state index in [1.807, 2.05) is 30.3 Å². The molecule has 0 saturated carbocycles. The van der Waals surface area contributed by atoms with Crippen LogP contribution in [0, 0.1) is 0 Å². The van der Waals surface area contributed by atoms with Crippen LogP contribution < -0.4 is 10.1 Å². The first-order chi connectivity index (χ1) is 11.7. The molecule has 24 heavy (non-hydrogen) atoms. The van der Waals surface area contributed by atoms with Gasteiger partial charge in [-0.25, -0.2) is 0 Å². The van der Waals surface area contributed by atoms with E-state index in [0.717, 1.165) is 28.7 Å². The molecule has 3 nitrogen and oxygen atoms in total. The summed E-state index contributed by atoms with van der Waals surface area (Å²) in [5, 5.41) is 3.69. The molecular formula is C19H22ClNO2S. The number of carbonyl (C=O) groups excluding carboxylic acids is 1. The zero-order chi connectivity index (χ0) is 17.2. The average molecular weight is 364 g/mol. The van der Waals surface area contributed by atoms with Gasteiger partial charge in [0.2, 0.25) is 0 Å². The van der Waals surface area contributed by atoms with Gasteiger partial charge in [0, 0.05) is 28.6 Å². The molecule has 0 aromatic heterocycles. The van der Waals surface area contributed by atoms with E-state index in [0.29, 0.717) is 18.7 Å². The highest BCUT2D eigenvalue weighted by molar-refractivity contribution is 7.98. The summed E-state index contributed by atoms with van der Waals surface area (Å²) in [6.07, 6.45) is 0.967. The van der Waals surface area contributed by atoms with Crippen LogP contribution in [0.15, 0.2) is 48.5 Å². The van der Waals surface area contributed by atoms with E-state index >= 15 is 0 Å². The molecule has 5 heteroatoms. The van der Waals surface area contributed by atoms with Crippen molar-refractivity contribution in [1.82, 2.24) is 5.32 Å². The van der Waals surface area contributed by atoms with Crippen molar-refractivity contribution >= 4 is 29.3 Å². The number of hydrogen-bond acceptors (Lipinski definition) is 3. The van der Waals surface area contributed by atoms with Crippen molar-refractivity contribution < 1.29 is 9.53 Å². The summed E-state index contributed by atoms with van der Waals surface area (Å²) in [6, 6.07) is 15.1. The van der Waals surface area contributed by atoms with E-state index in [1.54, 1.807) is 23.9 Å². The predicted octanol–water partition coefficient (Wildman–Crippen LogP) is 4.79. The summed E-state index contributed by atoms with van der Waals surface area (Å²) in [4.78, 5) is 12.1. The number of hydrogen-bond donors (Lipinski definition) is 1. The van der Waals surface area contributed by atoms with Gasteiger partial charge in [0.15, 0.2) is 0 Å². The van der Waals surface area contributed by atoms with E-state index < -0.39 is 0 Å². The smallest absolute Gasteiger partial charge is 0.251 e. The minimum atomic E-state index is -0.0552. The maximum Gasteiger partial charge on any atom is 0.251 e. The van der Waals surface area contributed by atoms with Gasteiger partial charge in [-0.05, 0) is 48.4 Å². The van der Waals surface area contributed by atoms with Crippen molar-refractivity contribution in [3.63, 3.8) is 0 Å². The molecule has 0 fully saturated rings. The summed E-state index contributed by atoms with van der Waals surface area (Å²) in [6.45, 7) is 3.39. The molecule has 128 valence electrons. The van der Waals surface area contributed by atoms with Crippen LogP contribution in [0.2, 0.25) is 5.02 Å². The van der Waals surface area contributed by atoms with Gasteiger partial charge in [0.25, 0.3) is 5.91 Å². The highest BCUT2D eigenvalue weighted by Gasteiger charge is 2.05. The zero-order valence-corrected chi connectivity index (χ0v) is 15.3. The Balaban J connectivity index is 1.67. The summed E-state index contributed by atoms with van der Waals surface area (Å²) >= 11 is 7.73. The van der Waals surface area contributed by atoms with Crippen LogP contribution >= 0.6 is 23.4 Å². The topological polar surface area (TPSA) is 38.3 Å². The molecule has 0 heterocycles. The van der Waals surface area contributed by atoms with Crippen LogP contribution in [0.3, 0.4) is 0 Å². The lowest BCUT2D eigenvalue weighted by Crippen LogP contribution is -2.25. The van der Waals surface area contributed by atoms with Crippen molar-refractivity contribution in [2.75, 3.05) is 18.9 Å². The molecule has 0 atom stereocenters. The second kappa shape index (κ2) is 10.3. The average Bonchev–Trinajstić information content (AvgIpc) is 2.60. The van der Waals surface area contributed by atoms with Crippen molar-refractivity contribution in [3.8, 4) is 5.75 Å². The molecule has 0 aliphatic carbocycles. The predicted molar refractivity (Wildman–Crippen MR) is 102 cm³/mol. The van der Waals surface area contributed by atoms with Crippen LogP contribution in [0.4, 0.5) is 0 Å². The number of benzene rings is 2. The third-order valence-electron chi connectivity index (χ3n) is 3.28. The van der Waals surface area contributed by atoms with Gasteiger partial charge in [0.05, 0.1) is 6.61 Å².